The van der Waals surface area contributed by atoms with E-state index >= 15 is 0 Å². The summed E-state index contributed by atoms with van der Waals surface area (Å²) in [7, 11) is 2.06. The van der Waals surface area contributed by atoms with Crippen molar-refractivity contribution in [2.24, 2.45) is 10.9 Å². The van der Waals surface area contributed by atoms with Gasteiger partial charge in [0.15, 0.2) is 0 Å². The molecular formula is C9H21N3O. The Bertz CT molecular complexity index is 170. The topological polar surface area (TPSA) is 61.8 Å². The molecule has 13 heavy (non-hydrogen) atoms. The van der Waals surface area contributed by atoms with E-state index in [1.807, 2.05) is 0 Å². The van der Waals surface area contributed by atoms with Gasteiger partial charge in [0.1, 0.15) is 5.84 Å². The van der Waals surface area contributed by atoms with Gasteiger partial charge in [-0.05, 0) is 27.3 Å². The van der Waals surface area contributed by atoms with E-state index in [1.54, 1.807) is 0 Å². The number of hydrogen-bond donors (Lipinski definition) is 2. The first-order valence-corrected chi connectivity index (χ1v) is 4.71. The second-order valence-corrected chi connectivity index (χ2v) is 3.57. The molecule has 4 nitrogen and oxygen atoms in total. The second kappa shape index (κ2) is 5.80. The van der Waals surface area contributed by atoms with Crippen LogP contribution in [-0.2, 0) is 0 Å². The zero-order chi connectivity index (χ0) is 10.4. The van der Waals surface area contributed by atoms with E-state index < -0.39 is 0 Å². The van der Waals surface area contributed by atoms with Gasteiger partial charge in [-0.15, -0.1) is 0 Å². The molecule has 0 aromatic heterocycles. The SMILES string of the molecule is CCC(C)N(C)C(C)CC(N)=NO. The monoisotopic (exact) mass is 187 g/mol. The highest BCUT2D eigenvalue weighted by Gasteiger charge is 2.15. The van der Waals surface area contributed by atoms with Crippen LogP contribution in [0.3, 0.4) is 0 Å². The number of nitrogens with two attached hydrogens (primary N) is 1. The van der Waals surface area contributed by atoms with Gasteiger partial charge in [-0.1, -0.05) is 12.1 Å². The molecular weight excluding hydrogens is 166 g/mol. The molecule has 0 bridgehead atoms. The van der Waals surface area contributed by atoms with E-state index in [1.165, 1.54) is 0 Å². The van der Waals surface area contributed by atoms with Crippen molar-refractivity contribution in [3.63, 3.8) is 0 Å². The Hall–Kier alpha value is -0.770. The first-order valence-electron chi connectivity index (χ1n) is 4.71. The van der Waals surface area contributed by atoms with Crippen molar-refractivity contribution in [3.05, 3.63) is 0 Å². The molecule has 0 aromatic rings. The molecule has 2 atom stereocenters. The lowest BCUT2D eigenvalue weighted by Crippen LogP contribution is -2.38. The Morgan fingerprint density at radius 1 is 1.46 bits per heavy atom. The third-order valence-electron chi connectivity index (χ3n) is 2.61. The molecule has 0 saturated carbocycles. The maximum Gasteiger partial charge on any atom is 0.140 e. The number of oxime groups is 1. The predicted molar refractivity (Wildman–Crippen MR) is 55.0 cm³/mol. The van der Waals surface area contributed by atoms with Crippen LogP contribution in [0, 0.1) is 0 Å². The van der Waals surface area contributed by atoms with Gasteiger partial charge < -0.3 is 15.8 Å². The standard InChI is InChI=1S/C9H21N3O/c1-5-7(2)12(4)8(3)6-9(10)11-13/h7-8,13H,5-6H2,1-4H3,(H2,10,11). The smallest absolute Gasteiger partial charge is 0.140 e. The summed E-state index contributed by atoms with van der Waals surface area (Å²) < 4.78 is 0. The van der Waals surface area contributed by atoms with Crippen LogP contribution >= 0.6 is 0 Å². The van der Waals surface area contributed by atoms with Crippen molar-refractivity contribution in [1.29, 1.82) is 0 Å². The van der Waals surface area contributed by atoms with Crippen LogP contribution in [0.5, 0.6) is 0 Å². The summed E-state index contributed by atoms with van der Waals surface area (Å²) in [6.07, 6.45) is 1.72. The van der Waals surface area contributed by atoms with E-state index in [2.05, 4.69) is 37.9 Å². The average molecular weight is 187 g/mol. The first-order chi connectivity index (χ1) is 6.02. The van der Waals surface area contributed by atoms with Crippen molar-refractivity contribution in [2.75, 3.05) is 7.05 Å². The summed E-state index contributed by atoms with van der Waals surface area (Å²) >= 11 is 0. The Balaban J connectivity index is 4.02. The molecule has 0 spiro atoms. The van der Waals surface area contributed by atoms with E-state index in [9.17, 15) is 0 Å². The number of rotatable bonds is 5. The fraction of sp³-hybridized carbons (Fsp3) is 0.889. The van der Waals surface area contributed by atoms with Gasteiger partial charge in [-0.3, -0.25) is 0 Å². The van der Waals surface area contributed by atoms with Crippen molar-refractivity contribution < 1.29 is 5.21 Å². The normalized spacial score (nSPS) is 17.5. The zero-order valence-electron chi connectivity index (χ0n) is 8.99. The van der Waals surface area contributed by atoms with Gasteiger partial charge in [-0.2, -0.15) is 0 Å². The third kappa shape index (κ3) is 4.12. The molecule has 0 amide bonds. The van der Waals surface area contributed by atoms with E-state index in [-0.39, 0.29) is 0 Å². The van der Waals surface area contributed by atoms with Crippen LogP contribution in [0.1, 0.15) is 33.6 Å². The molecule has 78 valence electrons. The number of amidine groups is 1. The van der Waals surface area contributed by atoms with Crippen molar-refractivity contribution in [2.45, 2.75) is 45.7 Å². The summed E-state index contributed by atoms with van der Waals surface area (Å²) in [5.74, 6) is 0.294. The predicted octanol–water partition coefficient (Wildman–Crippen LogP) is 1.24. The third-order valence-corrected chi connectivity index (χ3v) is 2.61. The van der Waals surface area contributed by atoms with E-state index in [4.69, 9.17) is 10.9 Å². The lowest BCUT2D eigenvalue weighted by molar-refractivity contribution is 0.194. The maximum atomic E-state index is 8.41. The van der Waals surface area contributed by atoms with Gasteiger partial charge in [-0.25, -0.2) is 0 Å². The molecule has 0 fully saturated rings. The molecule has 2 unspecified atom stereocenters. The summed E-state index contributed by atoms with van der Waals surface area (Å²) in [5.41, 5.74) is 5.43. The lowest BCUT2D eigenvalue weighted by atomic mass is 10.1. The minimum absolute atomic E-state index is 0.294. The zero-order valence-corrected chi connectivity index (χ0v) is 8.99. The molecule has 0 rings (SSSR count). The van der Waals surface area contributed by atoms with Gasteiger partial charge in [0, 0.05) is 18.5 Å². The van der Waals surface area contributed by atoms with Crippen LogP contribution in [0.2, 0.25) is 0 Å². The largest absolute Gasteiger partial charge is 0.409 e. The highest BCUT2D eigenvalue weighted by Crippen LogP contribution is 2.08. The summed E-state index contributed by atoms with van der Waals surface area (Å²) in [5, 5.41) is 11.4. The Labute approximate surface area is 80.4 Å². The molecule has 0 aromatic carbocycles. The Kier molecular flexibility index (Phi) is 5.46. The molecule has 0 radical (unpaired) electrons. The van der Waals surface area contributed by atoms with Crippen molar-refractivity contribution >= 4 is 5.84 Å². The summed E-state index contributed by atoms with van der Waals surface area (Å²) in [6.45, 7) is 6.39. The minimum Gasteiger partial charge on any atom is -0.409 e. The lowest BCUT2D eigenvalue weighted by Gasteiger charge is -2.29. The van der Waals surface area contributed by atoms with Crippen molar-refractivity contribution in [3.8, 4) is 0 Å². The molecule has 0 aliphatic carbocycles. The molecule has 0 saturated heterocycles. The van der Waals surface area contributed by atoms with Gasteiger partial charge in [0.25, 0.3) is 0 Å². The second-order valence-electron chi connectivity index (χ2n) is 3.57. The van der Waals surface area contributed by atoms with Gasteiger partial charge in [0.05, 0.1) is 0 Å². The minimum atomic E-state index is 0.294. The fourth-order valence-corrected chi connectivity index (χ4v) is 1.21. The molecule has 3 N–H and O–H groups in total. The maximum absolute atomic E-state index is 8.41. The highest BCUT2D eigenvalue weighted by molar-refractivity contribution is 5.80. The van der Waals surface area contributed by atoms with Crippen LogP contribution in [0.15, 0.2) is 5.16 Å². The molecule has 4 heteroatoms. The molecule has 0 heterocycles. The fourth-order valence-electron chi connectivity index (χ4n) is 1.21. The van der Waals surface area contributed by atoms with Crippen LogP contribution < -0.4 is 5.73 Å². The highest BCUT2D eigenvalue weighted by atomic mass is 16.4. The summed E-state index contributed by atoms with van der Waals surface area (Å²) in [6, 6.07) is 0.840. The van der Waals surface area contributed by atoms with Gasteiger partial charge >= 0.3 is 0 Å². The summed E-state index contributed by atoms with van der Waals surface area (Å²) in [4.78, 5) is 2.23. The van der Waals surface area contributed by atoms with Crippen LogP contribution in [0.4, 0.5) is 0 Å². The van der Waals surface area contributed by atoms with E-state index in [0.29, 0.717) is 24.3 Å². The van der Waals surface area contributed by atoms with Crippen LogP contribution in [-0.4, -0.2) is 35.1 Å². The van der Waals surface area contributed by atoms with Gasteiger partial charge in [0.2, 0.25) is 0 Å². The first kappa shape index (κ1) is 12.2. The van der Waals surface area contributed by atoms with Crippen molar-refractivity contribution in [1.82, 2.24) is 4.90 Å². The Morgan fingerprint density at radius 2 is 2.00 bits per heavy atom. The van der Waals surface area contributed by atoms with Crippen LogP contribution in [0.25, 0.3) is 0 Å². The average Bonchev–Trinajstić information content (AvgIpc) is 2.14. The van der Waals surface area contributed by atoms with E-state index in [0.717, 1.165) is 6.42 Å². The Morgan fingerprint density at radius 3 is 2.38 bits per heavy atom. The molecule has 0 aliphatic heterocycles. The number of nitrogens with zero attached hydrogens (tertiary/aromatic N) is 2. The quantitative estimate of drug-likeness (QED) is 0.294. The molecule has 0 aliphatic rings. The number of hydrogen-bond acceptors (Lipinski definition) is 3.